The molecule has 2 aromatic carbocycles. The molecule has 1 atom stereocenters. The lowest BCUT2D eigenvalue weighted by Gasteiger charge is -2.31. The number of rotatable bonds is 12. The summed E-state index contributed by atoms with van der Waals surface area (Å²) in [7, 11) is -0.401. The Morgan fingerprint density at radius 2 is 1.74 bits per heavy atom. The third-order valence-corrected chi connectivity index (χ3v) is 7.11. The van der Waals surface area contributed by atoms with Crippen LogP contribution in [0.5, 0.6) is 5.75 Å². The zero-order valence-electron chi connectivity index (χ0n) is 21.5. The minimum atomic E-state index is -3.54. The molecule has 35 heavy (non-hydrogen) atoms. The minimum absolute atomic E-state index is 0.112. The summed E-state index contributed by atoms with van der Waals surface area (Å²) in [5.74, 6) is 0.269. The summed E-state index contributed by atoms with van der Waals surface area (Å²) in [5, 5.41) is 2.64. The van der Waals surface area contributed by atoms with Gasteiger partial charge in [0.1, 0.15) is 11.8 Å². The molecule has 0 heterocycles. The molecule has 0 aliphatic heterocycles. The Bertz CT molecular complexity index is 1120. The van der Waals surface area contributed by atoms with Crippen LogP contribution < -0.4 is 14.4 Å². The largest absolute Gasteiger partial charge is 0.497 e. The molecule has 2 aromatic rings. The van der Waals surface area contributed by atoms with E-state index >= 15 is 0 Å². The Kier molecular flexibility index (Phi) is 10.1. The Morgan fingerprint density at radius 1 is 1.09 bits per heavy atom. The molecule has 0 aliphatic rings. The topological polar surface area (TPSA) is 96.0 Å². The summed E-state index contributed by atoms with van der Waals surface area (Å²) in [5.41, 5.74) is 3.29. The summed E-state index contributed by atoms with van der Waals surface area (Å²) >= 11 is 0. The number of aryl methyl sites for hydroxylation is 2. The summed E-state index contributed by atoms with van der Waals surface area (Å²) in [4.78, 5) is 27.4. The molecule has 0 saturated heterocycles. The van der Waals surface area contributed by atoms with Crippen molar-refractivity contribution in [1.29, 1.82) is 0 Å². The average Bonchev–Trinajstić information content (AvgIpc) is 2.82. The van der Waals surface area contributed by atoms with Crippen molar-refractivity contribution in [3.63, 3.8) is 0 Å². The van der Waals surface area contributed by atoms with E-state index in [-0.39, 0.29) is 31.3 Å². The average molecular weight is 504 g/mol. The maximum Gasteiger partial charge on any atom is 0.242 e. The summed E-state index contributed by atoms with van der Waals surface area (Å²) in [6.45, 7) is 6.07. The van der Waals surface area contributed by atoms with Crippen molar-refractivity contribution in [3.05, 3.63) is 59.2 Å². The van der Waals surface area contributed by atoms with E-state index in [2.05, 4.69) is 5.32 Å². The second kappa shape index (κ2) is 12.6. The first-order valence-electron chi connectivity index (χ1n) is 11.7. The molecule has 1 unspecified atom stereocenters. The van der Waals surface area contributed by atoms with E-state index in [4.69, 9.17) is 4.74 Å². The number of carbonyl (C=O) groups is 2. The van der Waals surface area contributed by atoms with Crippen molar-refractivity contribution >= 4 is 27.5 Å². The molecule has 0 fully saturated rings. The molecule has 192 valence electrons. The van der Waals surface area contributed by atoms with Gasteiger partial charge in [-0.25, -0.2) is 8.42 Å². The molecule has 0 spiro atoms. The van der Waals surface area contributed by atoms with Crippen molar-refractivity contribution in [2.45, 2.75) is 52.6 Å². The van der Waals surface area contributed by atoms with Gasteiger partial charge in [0.05, 0.1) is 19.1 Å². The zero-order valence-corrected chi connectivity index (χ0v) is 22.3. The summed E-state index contributed by atoms with van der Waals surface area (Å²) in [6.07, 6.45) is 2.06. The van der Waals surface area contributed by atoms with Gasteiger partial charge in [0, 0.05) is 26.6 Å². The molecular weight excluding hydrogens is 466 g/mol. The second-order valence-corrected chi connectivity index (χ2v) is 10.5. The summed E-state index contributed by atoms with van der Waals surface area (Å²) in [6, 6.07) is 12.4. The van der Waals surface area contributed by atoms with E-state index in [1.807, 2.05) is 63.2 Å². The van der Waals surface area contributed by atoms with Crippen LogP contribution in [-0.2, 0) is 26.2 Å². The maximum atomic E-state index is 13.3. The van der Waals surface area contributed by atoms with Crippen LogP contribution in [0, 0.1) is 13.8 Å². The molecular formula is C26H37N3O5S. The predicted octanol–water partition coefficient (Wildman–Crippen LogP) is 3.41. The highest BCUT2D eigenvalue weighted by atomic mass is 32.2. The Morgan fingerprint density at radius 3 is 2.29 bits per heavy atom. The van der Waals surface area contributed by atoms with E-state index in [9.17, 15) is 18.0 Å². The smallest absolute Gasteiger partial charge is 0.242 e. The van der Waals surface area contributed by atoms with E-state index in [0.717, 1.165) is 16.7 Å². The van der Waals surface area contributed by atoms with Crippen molar-refractivity contribution in [2.24, 2.45) is 0 Å². The van der Waals surface area contributed by atoms with Gasteiger partial charge in [-0.1, -0.05) is 31.2 Å². The standard InChI is InChI=1S/C26H37N3O5S/c1-7-23(26(31)27-4)28(18-21-12-14-22(34-5)15-13-21)25(30)9-8-16-29(35(6,32)33)24-17-19(2)10-11-20(24)3/h10-15,17,23H,7-9,16,18H2,1-6H3,(H,27,31). The van der Waals surface area contributed by atoms with Crippen molar-refractivity contribution in [3.8, 4) is 5.75 Å². The molecule has 2 rings (SSSR count). The fourth-order valence-corrected chi connectivity index (χ4v) is 5.00. The highest BCUT2D eigenvalue weighted by Crippen LogP contribution is 2.25. The van der Waals surface area contributed by atoms with Crippen LogP contribution in [0.1, 0.15) is 42.9 Å². The molecule has 0 radical (unpaired) electrons. The molecule has 8 nitrogen and oxygen atoms in total. The van der Waals surface area contributed by atoms with Gasteiger partial charge < -0.3 is 15.0 Å². The quantitative estimate of drug-likeness (QED) is 0.479. The summed E-state index contributed by atoms with van der Waals surface area (Å²) < 4.78 is 31.7. The Hall–Kier alpha value is -3.07. The number of nitrogens with zero attached hydrogens (tertiary/aromatic N) is 2. The normalized spacial score (nSPS) is 12.1. The highest BCUT2D eigenvalue weighted by molar-refractivity contribution is 7.92. The fraction of sp³-hybridized carbons (Fsp3) is 0.462. The van der Waals surface area contributed by atoms with Gasteiger partial charge in [-0.2, -0.15) is 0 Å². The molecule has 0 aliphatic carbocycles. The van der Waals surface area contributed by atoms with Crippen LogP contribution >= 0.6 is 0 Å². The van der Waals surface area contributed by atoms with E-state index in [0.29, 0.717) is 24.3 Å². The van der Waals surface area contributed by atoms with Crippen molar-refractivity contribution < 1.29 is 22.7 Å². The molecule has 0 saturated carbocycles. The van der Waals surface area contributed by atoms with E-state index in [1.165, 1.54) is 10.6 Å². The monoisotopic (exact) mass is 503 g/mol. The van der Waals surface area contributed by atoms with Gasteiger partial charge in [-0.05, 0) is 61.6 Å². The molecule has 0 aromatic heterocycles. The Balaban J connectivity index is 2.22. The zero-order chi connectivity index (χ0) is 26.2. The number of hydrogen-bond acceptors (Lipinski definition) is 5. The number of methoxy groups -OCH3 is 1. The number of anilines is 1. The number of likely N-dealkylation sites (N-methyl/N-ethyl adjacent to an activating group) is 1. The number of ether oxygens (including phenoxy) is 1. The number of sulfonamides is 1. The van der Waals surface area contributed by atoms with Crippen LogP contribution in [-0.4, -0.2) is 58.1 Å². The first kappa shape index (κ1) is 28.2. The van der Waals surface area contributed by atoms with Crippen LogP contribution in [0.25, 0.3) is 0 Å². The van der Waals surface area contributed by atoms with Gasteiger partial charge in [-0.15, -0.1) is 0 Å². The first-order chi connectivity index (χ1) is 16.5. The van der Waals surface area contributed by atoms with Gasteiger partial charge in [0.25, 0.3) is 0 Å². The highest BCUT2D eigenvalue weighted by Gasteiger charge is 2.28. The lowest BCUT2D eigenvalue weighted by molar-refractivity contribution is -0.141. The molecule has 2 amide bonds. The van der Waals surface area contributed by atoms with Gasteiger partial charge >= 0.3 is 0 Å². The van der Waals surface area contributed by atoms with Crippen LogP contribution in [0.3, 0.4) is 0 Å². The van der Waals surface area contributed by atoms with Crippen molar-refractivity contribution in [2.75, 3.05) is 31.3 Å². The Labute approximate surface area is 209 Å². The van der Waals surface area contributed by atoms with Crippen LogP contribution in [0.4, 0.5) is 5.69 Å². The maximum absolute atomic E-state index is 13.3. The second-order valence-electron chi connectivity index (χ2n) is 8.64. The van der Waals surface area contributed by atoms with Crippen molar-refractivity contribution in [1.82, 2.24) is 10.2 Å². The van der Waals surface area contributed by atoms with E-state index in [1.54, 1.807) is 19.1 Å². The number of hydrogen-bond donors (Lipinski definition) is 1. The SMILES string of the molecule is CCC(C(=O)NC)N(Cc1ccc(OC)cc1)C(=O)CCCN(c1cc(C)ccc1C)S(C)(=O)=O. The molecule has 0 bridgehead atoms. The fourth-order valence-electron chi connectivity index (χ4n) is 3.98. The third-order valence-electron chi connectivity index (χ3n) is 5.93. The first-order valence-corrected chi connectivity index (χ1v) is 13.6. The lowest BCUT2D eigenvalue weighted by atomic mass is 10.1. The minimum Gasteiger partial charge on any atom is -0.497 e. The number of carbonyl (C=O) groups excluding carboxylic acids is 2. The van der Waals surface area contributed by atoms with E-state index < -0.39 is 16.1 Å². The van der Waals surface area contributed by atoms with Crippen LogP contribution in [0.15, 0.2) is 42.5 Å². The van der Waals surface area contributed by atoms with Gasteiger partial charge in [0.15, 0.2) is 0 Å². The lowest BCUT2D eigenvalue weighted by Crippen LogP contribution is -2.48. The number of amides is 2. The number of nitrogens with one attached hydrogen (secondary N) is 1. The van der Waals surface area contributed by atoms with Gasteiger partial charge in [0.2, 0.25) is 21.8 Å². The number of benzene rings is 2. The van der Waals surface area contributed by atoms with Crippen LogP contribution in [0.2, 0.25) is 0 Å². The third kappa shape index (κ3) is 7.71. The predicted molar refractivity (Wildman–Crippen MR) is 139 cm³/mol. The molecule has 1 N–H and O–H groups in total. The molecule has 9 heteroatoms. The van der Waals surface area contributed by atoms with Gasteiger partial charge in [-0.3, -0.25) is 13.9 Å².